The van der Waals surface area contributed by atoms with Crippen molar-refractivity contribution in [1.82, 2.24) is 9.80 Å². The van der Waals surface area contributed by atoms with Crippen LogP contribution in [0, 0.1) is 17.8 Å². The standard InChI is InChI=1S/C16H30N2O3/c1-5-7-18(9-8-17(3)4)15(19)13-10-12(6-2)11-14(13)16(20)21/h12-14H,5-11H2,1-4H3,(H,20,21)/t12?,13-,14+/m0/s1. The number of carboxylic acids is 1. The number of nitrogens with zero attached hydrogens (tertiary/aromatic N) is 2. The predicted octanol–water partition coefficient (Wildman–Crippen LogP) is 1.92. The van der Waals surface area contributed by atoms with E-state index in [4.69, 9.17) is 0 Å². The van der Waals surface area contributed by atoms with Gasteiger partial charge in [0.25, 0.3) is 0 Å². The zero-order chi connectivity index (χ0) is 16.0. The van der Waals surface area contributed by atoms with Crippen LogP contribution in [0.15, 0.2) is 0 Å². The van der Waals surface area contributed by atoms with Crippen molar-refractivity contribution in [2.45, 2.75) is 39.5 Å². The maximum Gasteiger partial charge on any atom is 0.307 e. The molecule has 1 aliphatic carbocycles. The van der Waals surface area contributed by atoms with Gasteiger partial charge in [-0.2, -0.15) is 0 Å². The maximum absolute atomic E-state index is 12.8. The first-order valence-corrected chi connectivity index (χ1v) is 8.06. The van der Waals surface area contributed by atoms with Gasteiger partial charge >= 0.3 is 5.97 Å². The van der Waals surface area contributed by atoms with E-state index in [-0.39, 0.29) is 11.8 Å². The van der Waals surface area contributed by atoms with Crippen molar-refractivity contribution in [1.29, 1.82) is 0 Å². The monoisotopic (exact) mass is 298 g/mol. The first-order chi connectivity index (χ1) is 9.90. The Kier molecular flexibility index (Phi) is 7.15. The molecule has 1 amide bonds. The fourth-order valence-electron chi connectivity index (χ4n) is 3.18. The predicted molar refractivity (Wildman–Crippen MR) is 83.1 cm³/mol. The van der Waals surface area contributed by atoms with Crippen molar-refractivity contribution >= 4 is 11.9 Å². The van der Waals surface area contributed by atoms with Crippen LogP contribution < -0.4 is 0 Å². The van der Waals surface area contributed by atoms with Gasteiger partial charge in [-0.1, -0.05) is 20.3 Å². The van der Waals surface area contributed by atoms with Gasteiger partial charge in [0.05, 0.1) is 11.8 Å². The van der Waals surface area contributed by atoms with Crippen LogP contribution in [0.5, 0.6) is 0 Å². The molecular formula is C16H30N2O3. The number of carbonyl (C=O) groups excluding carboxylic acids is 1. The number of carboxylic acid groups (broad SMARTS) is 1. The van der Waals surface area contributed by atoms with Crippen molar-refractivity contribution in [3.05, 3.63) is 0 Å². The molecule has 1 aliphatic rings. The summed E-state index contributed by atoms with van der Waals surface area (Å²) in [6.07, 6.45) is 3.24. The summed E-state index contributed by atoms with van der Waals surface area (Å²) in [6, 6.07) is 0. The molecule has 1 unspecified atom stereocenters. The highest BCUT2D eigenvalue weighted by Crippen LogP contribution is 2.39. The van der Waals surface area contributed by atoms with E-state index in [9.17, 15) is 14.7 Å². The Labute approximate surface area is 128 Å². The molecule has 0 bridgehead atoms. The quantitative estimate of drug-likeness (QED) is 0.744. The molecule has 5 heteroatoms. The minimum Gasteiger partial charge on any atom is -0.481 e. The molecule has 0 aliphatic heterocycles. The van der Waals surface area contributed by atoms with E-state index < -0.39 is 11.9 Å². The third-order valence-corrected chi connectivity index (χ3v) is 4.49. The second-order valence-electron chi connectivity index (χ2n) is 6.43. The first kappa shape index (κ1) is 18.0. The minimum atomic E-state index is -0.812. The summed E-state index contributed by atoms with van der Waals surface area (Å²) >= 11 is 0. The molecule has 1 rings (SSSR count). The smallest absolute Gasteiger partial charge is 0.307 e. The third-order valence-electron chi connectivity index (χ3n) is 4.49. The van der Waals surface area contributed by atoms with Crippen LogP contribution in [0.2, 0.25) is 0 Å². The van der Waals surface area contributed by atoms with Crippen LogP contribution in [0.3, 0.4) is 0 Å². The maximum atomic E-state index is 12.8. The average Bonchev–Trinajstić information content (AvgIpc) is 2.87. The molecule has 0 aromatic heterocycles. The molecule has 1 fully saturated rings. The number of amides is 1. The zero-order valence-corrected chi connectivity index (χ0v) is 13.8. The molecule has 0 radical (unpaired) electrons. The Morgan fingerprint density at radius 3 is 2.14 bits per heavy atom. The SMILES string of the molecule is CCCN(CCN(C)C)C(=O)[C@H]1CC(CC)C[C@H]1C(=O)O. The van der Waals surface area contributed by atoms with Gasteiger partial charge in [-0.25, -0.2) is 0 Å². The lowest BCUT2D eigenvalue weighted by atomic mass is 9.94. The van der Waals surface area contributed by atoms with Gasteiger partial charge < -0.3 is 14.9 Å². The summed E-state index contributed by atoms with van der Waals surface area (Å²) < 4.78 is 0. The fourth-order valence-corrected chi connectivity index (χ4v) is 3.18. The lowest BCUT2D eigenvalue weighted by Crippen LogP contribution is -2.42. The first-order valence-electron chi connectivity index (χ1n) is 8.06. The zero-order valence-electron chi connectivity index (χ0n) is 13.8. The summed E-state index contributed by atoms with van der Waals surface area (Å²) in [6.45, 7) is 6.33. The van der Waals surface area contributed by atoms with E-state index in [1.54, 1.807) is 0 Å². The van der Waals surface area contributed by atoms with Gasteiger partial charge in [0, 0.05) is 19.6 Å². The van der Waals surface area contributed by atoms with Crippen molar-refractivity contribution in [2.24, 2.45) is 17.8 Å². The molecule has 0 saturated heterocycles. The van der Waals surface area contributed by atoms with Crippen molar-refractivity contribution < 1.29 is 14.7 Å². The molecule has 5 nitrogen and oxygen atoms in total. The van der Waals surface area contributed by atoms with Gasteiger partial charge in [0.1, 0.15) is 0 Å². The largest absolute Gasteiger partial charge is 0.481 e. The molecule has 3 atom stereocenters. The Balaban J connectivity index is 2.77. The van der Waals surface area contributed by atoms with Gasteiger partial charge in [0.15, 0.2) is 0 Å². The van der Waals surface area contributed by atoms with E-state index in [0.29, 0.717) is 25.4 Å². The summed E-state index contributed by atoms with van der Waals surface area (Å²) in [5.74, 6) is -1.23. The second-order valence-corrected chi connectivity index (χ2v) is 6.43. The number of rotatable bonds is 8. The van der Waals surface area contributed by atoms with Crippen LogP contribution in [0.25, 0.3) is 0 Å². The van der Waals surface area contributed by atoms with Gasteiger partial charge in [-0.3, -0.25) is 9.59 Å². The molecule has 0 aromatic carbocycles. The Hall–Kier alpha value is -1.10. The Morgan fingerprint density at radius 1 is 1.05 bits per heavy atom. The van der Waals surface area contributed by atoms with E-state index in [0.717, 1.165) is 25.8 Å². The third kappa shape index (κ3) is 4.99. The molecule has 0 aromatic rings. The Bertz CT molecular complexity index is 357. The molecular weight excluding hydrogens is 268 g/mol. The number of hydrogen-bond donors (Lipinski definition) is 1. The highest BCUT2D eigenvalue weighted by molar-refractivity contribution is 5.85. The molecule has 0 spiro atoms. The number of hydrogen-bond acceptors (Lipinski definition) is 3. The lowest BCUT2D eigenvalue weighted by molar-refractivity contribution is -0.149. The summed E-state index contributed by atoms with van der Waals surface area (Å²) in [5, 5.41) is 9.40. The molecule has 1 N–H and O–H groups in total. The fraction of sp³-hybridized carbons (Fsp3) is 0.875. The van der Waals surface area contributed by atoms with E-state index >= 15 is 0 Å². The van der Waals surface area contributed by atoms with Gasteiger partial charge in [-0.05, 0) is 39.3 Å². The summed E-state index contributed by atoms with van der Waals surface area (Å²) in [4.78, 5) is 28.1. The van der Waals surface area contributed by atoms with E-state index in [1.807, 2.05) is 30.8 Å². The van der Waals surface area contributed by atoms with Gasteiger partial charge in [-0.15, -0.1) is 0 Å². The Morgan fingerprint density at radius 2 is 1.67 bits per heavy atom. The minimum absolute atomic E-state index is 0.0436. The van der Waals surface area contributed by atoms with Crippen LogP contribution in [-0.4, -0.2) is 60.5 Å². The summed E-state index contributed by atoms with van der Waals surface area (Å²) in [7, 11) is 3.97. The second kappa shape index (κ2) is 8.37. The number of likely N-dealkylation sites (N-methyl/N-ethyl adjacent to an activating group) is 1. The highest BCUT2D eigenvalue weighted by Gasteiger charge is 2.43. The summed E-state index contributed by atoms with van der Waals surface area (Å²) in [5.41, 5.74) is 0. The highest BCUT2D eigenvalue weighted by atomic mass is 16.4. The van der Waals surface area contributed by atoms with Crippen LogP contribution >= 0.6 is 0 Å². The van der Waals surface area contributed by atoms with E-state index in [2.05, 4.69) is 6.92 Å². The number of carbonyl (C=O) groups is 2. The average molecular weight is 298 g/mol. The van der Waals surface area contributed by atoms with E-state index in [1.165, 1.54) is 0 Å². The van der Waals surface area contributed by atoms with Crippen molar-refractivity contribution in [2.75, 3.05) is 33.7 Å². The van der Waals surface area contributed by atoms with Gasteiger partial charge in [0.2, 0.25) is 5.91 Å². The normalized spacial score (nSPS) is 25.3. The molecule has 1 saturated carbocycles. The molecule has 122 valence electrons. The number of aliphatic carboxylic acids is 1. The van der Waals surface area contributed by atoms with Crippen molar-refractivity contribution in [3.8, 4) is 0 Å². The molecule has 0 heterocycles. The topological polar surface area (TPSA) is 60.9 Å². The van der Waals surface area contributed by atoms with Crippen molar-refractivity contribution in [3.63, 3.8) is 0 Å². The molecule has 21 heavy (non-hydrogen) atoms. The van der Waals surface area contributed by atoms with Crippen LogP contribution in [0.1, 0.15) is 39.5 Å². The van der Waals surface area contributed by atoms with Crippen LogP contribution in [0.4, 0.5) is 0 Å². The van der Waals surface area contributed by atoms with Crippen LogP contribution in [-0.2, 0) is 9.59 Å². The lowest BCUT2D eigenvalue weighted by Gasteiger charge is -2.28.